The minimum atomic E-state index is -4.36. The summed E-state index contributed by atoms with van der Waals surface area (Å²) in [4.78, 5) is 19.0. The molecule has 2 saturated heterocycles. The Morgan fingerprint density at radius 1 is 1.07 bits per heavy atom. The van der Waals surface area contributed by atoms with Crippen molar-refractivity contribution in [3.05, 3.63) is 29.3 Å². The van der Waals surface area contributed by atoms with E-state index in [9.17, 15) is 18.0 Å². The van der Waals surface area contributed by atoms with Gasteiger partial charge in [0.15, 0.2) is 0 Å². The predicted octanol–water partition coefficient (Wildman–Crippen LogP) is 2.73. The van der Waals surface area contributed by atoms with Gasteiger partial charge in [-0.05, 0) is 45.4 Å². The van der Waals surface area contributed by atoms with Crippen molar-refractivity contribution in [2.24, 2.45) is 0 Å². The molecule has 2 fully saturated rings. The summed E-state index contributed by atoms with van der Waals surface area (Å²) in [5, 5.41) is 3.32. The van der Waals surface area contributed by atoms with E-state index in [0.717, 1.165) is 13.1 Å². The molecule has 2 heterocycles. The fraction of sp³-hybridized carbons (Fsp3) is 0.667. The Hall–Kier alpha value is -1.80. The second-order valence-electron chi connectivity index (χ2n) is 8.93. The van der Waals surface area contributed by atoms with Crippen LogP contribution in [0.2, 0.25) is 0 Å². The van der Waals surface area contributed by atoms with Crippen molar-refractivity contribution < 1.29 is 18.0 Å². The van der Waals surface area contributed by atoms with Crippen molar-refractivity contribution in [1.29, 1.82) is 0 Å². The normalized spacial score (nSPS) is 22.1. The molecule has 1 amide bonds. The molecule has 2 aliphatic heterocycles. The molecule has 29 heavy (non-hydrogen) atoms. The molecule has 8 heteroatoms. The Kier molecular flexibility index (Phi) is 6.15. The molecule has 0 aliphatic carbocycles. The highest BCUT2D eigenvalue weighted by Crippen LogP contribution is 2.34. The lowest BCUT2D eigenvalue weighted by Gasteiger charge is -2.43. The zero-order chi connectivity index (χ0) is 21.4. The summed E-state index contributed by atoms with van der Waals surface area (Å²) in [5.74, 6) is 0.0819. The summed E-state index contributed by atoms with van der Waals surface area (Å²) in [5.41, 5.74) is 0.203. The fourth-order valence-corrected chi connectivity index (χ4v) is 4.04. The number of hydrogen-bond donors (Lipinski definition) is 1. The van der Waals surface area contributed by atoms with Crippen LogP contribution in [0.15, 0.2) is 18.2 Å². The highest BCUT2D eigenvalue weighted by Gasteiger charge is 2.35. The molecule has 0 bridgehead atoms. The van der Waals surface area contributed by atoms with Gasteiger partial charge in [0.05, 0.1) is 11.6 Å². The molecule has 2 aliphatic rings. The van der Waals surface area contributed by atoms with Crippen molar-refractivity contribution in [1.82, 2.24) is 15.1 Å². The Morgan fingerprint density at radius 3 is 2.31 bits per heavy atom. The molecule has 1 aromatic carbocycles. The third-order valence-electron chi connectivity index (χ3n) is 5.91. The van der Waals surface area contributed by atoms with Crippen LogP contribution < -0.4 is 10.2 Å². The lowest BCUT2D eigenvalue weighted by Crippen LogP contribution is -2.63. The monoisotopic (exact) mass is 412 g/mol. The van der Waals surface area contributed by atoms with Gasteiger partial charge in [0.1, 0.15) is 0 Å². The van der Waals surface area contributed by atoms with Crippen LogP contribution in [0.1, 0.15) is 31.9 Å². The number of benzene rings is 1. The second-order valence-corrected chi connectivity index (χ2v) is 8.93. The number of carbonyl (C=O) groups is 1. The quantitative estimate of drug-likeness (QED) is 0.811. The number of nitrogens with one attached hydrogen (secondary N) is 1. The molecular weight excluding hydrogens is 381 g/mol. The number of alkyl halides is 3. The van der Waals surface area contributed by atoms with Crippen LogP contribution in [0.4, 0.5) is 18.9 Å². The van der Waals surface area contributed by atoms with E-state index in [1.54, 1.807) is 6.07 Å². The first kappa shape index (κ1) is 21.9. The molecule has 162 valence electrons. The lowest BCUT2D eigenvalue weighted by atomic mass is 10.0. The summed E-state index contributed by atoms with van der Waals surface area (Å²) in [6.07, 6.45) is -4.36. The largest absolute Gasteiger partial charge is 0.416 e. The van der Waals surface area contributed by atoms with Crippen LogP contribution in [-0.2, 0) is 11.0 Å². The van der Waals surface area contributed by atoms with Crippen molar-refractivity contribution in [3.63, 3.8) is 0 Å². The van der Waals surface area contributed by atoms with E-state index in [2.05, 4.69) is 31.0 Å². The number of carbonyl (C=O) groups excluding carboxylic acids is 1. The third-order valence-corrected chi connectivity index (χ3v) is 5.91. The number of aryl methyl sites for hydroxylation is 1. The van der Waals surface area contributed by atoms with E-state index in [4.69, 9.17) is 0 Å². The highest BCUT2D eigenvalue weighted by atomic mass is 19.4. The van der Waals surface area contributed by atoms with Crippen LogP contribution in [0, 0.1) is 6.92 Å². The standard InChI is InChI=1S/C21H31F3N4O/c1-15-5-6-16(13-17(15)21(22,23)24)26-9-11-27(12-10-26)19(29)18-14-28(8-7-25-18)20(2,3)4/h5-6,13,18,25H,7-12,14H2,1-4H3/t18-/m1/s1. The predicted molar refractivity (Wildman–Crippen MR) is 108 cm³/mol. The van der Waals surface area contributed by atoms with Gasteiger partial charge in [0, 0.05) is 57.0 Å². The summed E-state index contributed by atoms with van der Waals surface area (Å²) in [6.45, 7) is 12.4. The van der Waals surface area contributed by atoms with Gasteiger partial charge in [0.2, 0.25) is 5.91 Å². The zero-order valence-corrected chi connectivity index (χ0v) is 17.6. The molecule has 0 radical (unpaired) electrons. The first-order valence-electron chi connectivity index (χ1n) is 10.2. The number of anilines is 1. The molecule has 3 rings (SSSR count). The van der Waals surface area contributed by atoms with E-state index in [1.165, 1.54) is 19.1 Å². The number of nitrogens with zero attached hydrogens (tertiary/aromatic N) is 3. The van der Waals surface area contributed by atoms with Crippen LogP contribution >= 0.6 is 0 Å². The fourth-order valence-electron chi connectivity index (χ4n) is 4.04. The maximum atomic E-state index is 13.2. The first-order chi connectivity index (χ1) is 13.5. The first-order valence-corrected chi connectivity index (χ1v) is 10.2. The zero-order valence-electron chi connectivity index (χ0n) is 17.6. The van der Waals surface area contributed by atoms with Crippen LogP contribution in [0.5, 0.6) is 0 Å². The maximum absolute atomic E-state index is 13.2. The van der Waals surface area contributed by atoms with Gasteiger partial charge >= 0.3 is 6.18 Å². The molecule has 0 aromatic heterocycles. The molecule has 0 spiro atoms. The van der Waals surface area contributed by atoms with Crippen LogP contribution in [0.3, 0.4) is 0 Å². The van der Waals surface area contributed by atoms with Crippen molar-refractivity contribution in [2.45, 2.75) is 45.5 Å². The second kappa shape index (κ2) is 8.14. The van der Waals surface area contributed by atoms with Crippen molar-refractivity contribution >= 4 is 11.6 Å². The summed E-state index contributed by atoms with van der Waals surface area (Å²) < 4.78 is 39.6. The Labute approximate surface area is 170 Å². The minimum absolute atomic E-state index is 0.0148. The van der Waals surface area contributed by atoms with Crippen molar-refractivity contribution in [2.75, 3.05) is 50.7 Å². The van der Waals surface area contributed by atoms with Gasteiger partial charge < -0.3 is 15.1 Å². The molecular formula is C21H31F3N4O. The minimum Gasteiger partial charge on any atom is -0.368 e. The van der Waals surface area contributed by atoms with Gasteiger partial charge in [-0.3, -0.25) is 9.69 Å². The summed E-state index contributed by atoms with van der Waals surface area (Å²) in [7, 11) is 0. The Bertz CT molecular complexity index is 736. The Morgan fingerprint density at radius 2 is 1.72 bits per heavy atom. The number of rotatable bonds is 2. The number of halogens is 3. The number of piperazine rings is 2. The topological polar surface area (TPSA) is 38.8 Å². The SMILES string of the molecule is Cc1ccc(N2CCN(C(=O)[C@H]3CN(C(C)(C)C)CCN3)CC2)cc1C(F)(F)F. The van der Waals surface area contributed by atoms with Gasteiger partial charge in [-0.25, -0.2) is 0 Å². The smallest absolute Gasteiger partial charge is 0.368 e. The van der Waals surface area contributed by atoms with Gasteiger partial charge in [0.25, 0.3) is 0 Å². The summed E-state index contributed by atoms with van der Waals surface area (Å²) in [6, 6.07) is 4.23. The number of amides is 1. The van der Waals surface area contributed by atoms with Crippen LogP contribution in [0.25, 0.3) is 0 Å². The average molecular weight is 413 g/mol. The lowest BCUT2D eigenvalue weighted by molar-refractivity contribution is -0.138. The molecule has 5 nitrogen and oxygen atoms in total. The molecule has 0 saturated carbocycles. The van der Waals surface area contributed by atoms with Gasteiger partial charge in [-0.2, -0.15) is 13.2 Å². The van der Waals surface area contributed by atoms with Gasteiger partial charge in [-0.15, -0.1) is 0 Å². The maximum Gasteiger partial charge on any atom is 0.416 e. The van der Waals surface area contributed by atoms with E-state index >= 15 is 0 Å². The highest BCUT2D eigenvalue weighted by molar-refractivity contribution is 5.82. The van der Waals surface area contributed by atoms with Crippen LogP contribution in [-0.4, -0.2) is 73.1 Å². The molecule has 1 N–H and O–H groups in total. The van der Waals surface area contributed by atoms with E-state index in [1.807, 2.05) is 9.80 Å². The molecule has 1 atom stereocenters. The molecule has 0 unspecified atom stereocenters. The summed E-state index contributed by atoms with van der Waals surface area (Å²) >= 11 is 0. The van der Waals surface area contributed by atoms with Crippen molar-refractivity contribution in [3.8, 4) is 0 Å². The van der Waals surface area contributed by atoms with E-state index < -0.39 is 11.7 Å². The van der Waals surface area contributed by atoms with Gasteiger partial charge in [-0.1, -0.05) is 6.07 Å². The third kappa shape index (κ3) is 5.04. The Balaban J connectivity index is 1.61. The van der Waals surface area contributed by atoms with E-state index in [0.29, 0.717) is 38.4 Å². The van der Waals surface area contributed by atoms with E-state index in [-0.39, 0.29) is 23.1 Å². The molecule has 1 aromatic rings. The average Bonchev–Trinajstić information content (AvgIpc) is 2.66. The number of hydrogen-bond acceptors (Lipinski definition) is 4.